The van der Waals surface area contributed by atoms with Crippen LogP contribution in [0.15, 0.2) is 34.9 Å². The summed E-state index contributed by atoms with van der Waals surface area (Å²) in [6, 6.07) is 6.66. The van der Waals surface area contributed by atoms with Gasteiger partial charge < -0.3 is 9.84 Å². The van der Waals surface area contributed by atoms with E-state index < -0.39 is 6.10 Å². The van der Waals surface area contributed by atoms with Gasteiger partial charge in [0.15, 0.2) is 0 Å². The Labute approximate surface area is 129 Å². The van der Waals surface area contributed by atoms with E-state index in [1.54, 1.807) is 37.4 Å². The molecule has 0 spiro atoms. The first-order chi connectivity index (χ1) is 8.97. The highest BCUT2D eigenvalue weighted by atomic mass is 79.9. The van der Waals surface area contributed by atoms with Gasteiger partial charge in [-0.15, -0.1) is 0 Å². The Balaban J connectivity index is 2.24. The number of halogens is 3. The number of aliphatic hydroxyl groups excluding tert-OH is 1. The van der Waals surface area contributed by atoms with E-state index in [9.17, 15) is 5.11 Å². The second-order valence-electron chi connectivity index (χ2n) is 3.90. The number of hydrogen-bond acceptors (Lipinski definition) is 3. The Kier molecular flexibility index (Phi) is 4.68. The highest BCUT2D eigenvalue weighted by Crippen LogP contribution is 2.36. The molecule has 0 aliphatic heterocycles. The van der Waals surface area contributed by atoms with Crippen LogP contribution in [0.5, 0.6) is 11.6 Å². The molecule has 0 bridgehead atoms. The lowest BCUT2D eigenvalue weighted by molar-refractivity contribution is 0.198. The van der Waals surface area contributed by atoms with Gasteiger partial charge >= 0.3 is 0 Å². The SMILES string of the molecule is C[C@H](O)c1ccc(Oc2cc(Cl)c(Br)cc2Cl)nc1. The Bertz CT molecular complexity index is 588. The van der Waals surface area contributed by atoms with Crippen LogP contribution < -0.4 is 4.74 Å². The molecule has 3 nitrogen and oxygen atoms in total. The van der Waals surface area contributed by atoms with Crippen molar-refractivity contribution in [2.75, 3.05) is 0 Å². The molecule has 0 amide bonds. The molecule has 0 aliphatic carbocycles. The first kappa shape index (κ1) is 14.6. The van der Waals surface area contributed by atoms with Crippen LogP contribution in [-0.4, -0.2) is 10.1 Å². The summed E-state index contributed by atoms with van der Waals surface area (Å²) >= 11 is 15.3. The molecule has 1 heterocycles. The van der Waals surface area contributed by atoms with Crippen molar-refractivity contribution in [3.63, 3.8) is 0 Å². The Morgan fingerprint density at radius 3 is 2.58 bits per heavy atom. The molecule has 1 N–H and O–H groups in total. The second kappa shape index (κ2) is 6.09. The minimum Gasteiger partial charge on any atom is -0.437 e. The van der Waals surface area contributed by atoms with Gasteiger partial charge in [0.2, 0.25) is 5.88 Å². The maximum Gasteiger partial charge on any atom is 0.219 e. The Morgan fingerprint density at radius 1 is 1.26 bits per heavy atom. The van der Waals surface area contributed by atoms with Crippen LogP contribution in [0.1, 0.15) is 18.6 Å². The standard InChI is InChI=1S/C13H10BrCl2NO2/c1-7(18)8-2-3-13(17-6-8)19-12-5-10(15)9(14)4-11(12)16/h2-7,18H,1H3/t7-/m0/s1. The van der Waals surface area contributed by atoms with Crippen molar-refractivity contribution >= 4 is 39.1 Å². The first-order valence-corrected chi connectivity index (χ1v) is 6.98. The van der Waals surface area contributed by atoms with Gasteiger partial charge in [0, 0.05) is 22.8 Å². The monoisotopic (exact) mass is 361 g/mol. The number of rotatable bonds is 3. The van der Waals surface area contributed by atoms with Crippen molar-refractivity contribution in [2.24, 2.45) is 0 Å². The largest absolute Gasteiger partial charge is 0.437 e. The van der Waals surface area contributed by atoms with Crippen LogP contribution in [0.4, 0.5) is 0 Å². The number of aliphatic hydroxyl groups is 1. The second-order valence-corrected chi connectivity index (χ2v) is 5.57. The van der Waals surface area contributed by atoms with Crippen molar-refractivity contribution in [1.29, 1.82) is 0 Å². The molecule has 0 fully saturated rings. The molecule has 1 aromatic carbocycles. The highest BCUT2D eigenvalue weighted by Gasteiger charge is 2.09. The average molecular weight is 363 g/mol. The van der Waals surface area contributed by atoms with Gasteiger partial charge in [0.05, 0.1) is 16.1 Å². The third kappa shape index (κ3) is 3.60. The van der Waals surface area contributed by atoms with Crippen LogP contribution >= 0.6 is 39.1 Å². The third-order valence-corrected chi connectivity index (χ3v) is 3.92. The molecule has 6 heteroatoms. The molecule has 2 rings (SSSR count). The Morgan fingerprint density at radius 2 is 2.00 bits per heavy atom. The predicted octanol–water partition coefficient (Wildman–Crippen LogP) is 5.00. The summed E-state index contributed by atoms with van der Waals surface area (Å²) in [4.78, 5) is 4.09. The zero-order valence-electron chi connectivity index (χ0n) is 9.90. The van der Waals surface area contributed by atoms with Crippen LogP contribution in [0.2, 0.25) is 10.0 Å². The summed E-state index contributed by atoms with van der Waals surface area (Å²) in [6.45, 7) is 1.67. The zero-order valence-corrected chi connectivity index (χ0v) is 13.0. The van der Waals surface area contributed by atoms with Gasteiger partial charge in [-0.2, -0.15) is 0 Å². The average Bonchev–Trinajstić information content (AvgIpc) is 2.36. The molecule has 0 aliphatic rings. The van der Waals surface area contributed by atoms with E-state index in [-0.39, 0.29) is 0 Å². The lowest BCUT2D eigenvalue weighted by Crippen LogP contribution is -1.94. The fourth-order valence-electron chi connectivity index (χ4n) is 1.39. The van der Waals surface area contributed by atoms with Gasteiger partial charge in [-0.25, -0.2) is 4.98 Å². The highest BCUT2D eigenvalue weighted by molar-refractivity contribution is 9.10. The molecule has 0 saturated carbocycles. The Hall–Kier alpha value is -0.810. The minimum absolute atomic E-state index is 0.379. The summed E-state index contributed by atoms with van der Waals surface area (Å²) in [5.74, 6) is 0.803. The van der Waals surface area contributed by atoms with Crippen molar-refractivity contribution in [1.82, 2.24) is 4.98 Å². The van der Waals surface area contributed by atoms with E-state index in [4.69, 9.17) is 27.9 Å². The molecule has 1 atom stereocenters. The smallest absolute Gasteiger partial charge is 0.219 e. The molecule has 1 aromatic heterocycles. The lowest BCUT2D eigenvalue weighted by Gasteiger charge is -2.09. The molecule has 2 aromatic rings. The van der Waals surface area contributed by atoms with E-state index in [1.807, 2.05) is 0 Å². The quantitative estimate of drug-likeness (QED) is 0.781. The summed E-state index contributed by atoms with van der Waals surface area (Å²) in [5, 5.41) is 10.3. The van der Waals surface area contributed by atoms with E-state index in [0.29, 0.717) is 31.7 Å². The fraction of sp³-hybridized carbons (Fsp3) is 0.154. The molecule has 0 saturated heterocycles. The molecule has 0 radical (unpaired) electrons. The van der Waals surface area contributed by atoms with E-state index in [0.717, 1.165) is 0 Å². The van der Waals surface area contributed by atoms with Crippen LogP contribution in [-0.2, 0) is 0 Å². The van der Waals surface area contributed by atoms with Crippen molar-refractivity contribution in [2.45, 2.75) is 13.0 Å². The van der Waals surface area contributed by atoms with Gasteiger partial charge in [0.25, 0.3) is 0 Å². The number of nitrogens with zero attached hydrogens (tertiary/aromatic N) is 1. The maximum absolute atomic E-state index is 9.39. The maximum atomic E-state index is 9.39. The molecule has 0 unspecified atom stereocenters. The van der Waals surface area contributed by atoms with Crippen molar-refractivity contribution in [3.8, 4) is 11.6 Å². The summed E-state index contributed by atoms with van der Waals surface area (Å²) in [7, 11) is 0. The van der Waals surface area contributed by atoms with Gasteiger partial charge in [-0.05, 0) is 40.5 Å². The number of benzene rings is 1. The predicted molar refractivity (Wildman–Crippen MR) is 79.1 cm³/mol. The number of ether oxygens (including phenoxy) is 1. The number of pyridine rings is 1. The molecular weight excluding hydrogens is 353 g/mol. The fourth-order valence-corrected chi connectivity index (χ4v) is 2.23. The van der Waals surface area contributed by atoms with E-state index in [1.165, 1.54) is 0 Å². The van der Waals surface area contributed by atoms with E-state index >= 15 is 0 Å². The zero-order chi connectivity index (χ0) is 14.0. The molecule has 100 valence electrons. The van der Waals surface area contributed by atoms with Crippen molar-refractivity contribution in [3.05, 3.63) is 50.5 Å². The number of aromatic nitrogens is 1. The van der Waals surface area contributed by atoms with E-state index in [2.05, 4.69) is 20.9 Å². The number of hydrogen-bond donors (Lipinski definition) is 1. The molecule has 19 heavy (non-hydrogen) atoms. The molecular formula is C13H10BrCl2NO2. The normalized spacial score (nSPS) is 12.3. The first-order valence-electron chi connectivity index (χ1n) is 5.44. The van der Waals surface area contributed by atoms with Crippen molar-refractivity contribution < 1.29 is 9.84 Å². The third-order valence-electron chi connectivity index (χ3n) is 2.43. The summed E-state index contributed by atoms with van der Waals surface area (Å²) in [6.07, 6.45) is 0.987. The lowest BCUT2D eigenvalue weighted by atomic mass is 10.2. The van der Waals surface area contributed by atoms with Crippen LogP contribution in [0, 0.1) is 0 Å². The van der Waals surface area contributed by atoms with Gasteiger partial charge in [0.1, 0.15) is 5.75 Å². The van der Waals surface area contributed by atoms with Crippen LogP contribution in [0.3, 0.4) is 0 Å². The summed E-state index contributed by atoms with van der Waals surface area (Å²) in [5.41, 5.74) is 0.715. The topological polar surface area (TPSA) is 42.4 Å². The summed E-state index contributed by atoms with van der Waals surface area (Å²) < 4.78 is 6.25. The van der Waals surface area contributed by atoms with Gasteiger partial charge in [-0.3, -0.25) is 0 Å². The van der Waals surface area contributed by atoms with Crippen LogP contribution in [0.25, 0.3) is 0 Å². The minimum atomic E-state index is -0.563. The van der Waals surface area contributed by atoms with Gasteiger partial charge in [-0.1, -0.05) is 23.2 Å².